The number of aromatic nitrogens is 3. The Kier molecular flexibility index (Phi) is 3.44. The van der Waals surface area contributed by atoms with Crippen molar-refractivity contribution in [3.63, 3.8) is 0 Å². The van der Waals surface area contributed by atoms with Gasteiger partial charge in [-0.3, -0.25) is 9.67 Å². The van der Waals surface area contributed by atoms with Crippen molar-refractivity contribution in [1.29, 1.82) is 0 Å². The molecule has 0 radical (unpaired) electrons. The van der Waals surface area contributed by atoms with Crippen LogP contribution in [0.15, 0.2) is 30.6 Å². The molecule has 1 aliphatic rings. The number of hydrogen-bond acceptors (Lipinski definition) is 3. The number of benzene rings is 1. The maximum atomic E-state index is 13.7. The summed E-state index contributed by atoms with van der Waals surface area (Å²) in [7, 11) is 0. The first-order chi connectivity index (χ1) is 11.6. The molecule has 2 aromatic heterocycles. The molecule has 0 unspecified atom stereocenters. The van der Waals surface area contributed by atoms with E-state index in [1.54, 1.807) is 30.1 Å². The van der Waals surface area contributed by atoms with Gasteiger partial charge in [0.2, 0.25) is 0 Å². The molecule has 122 valence electrons. The molecule has 1 aliphatic carbocycles. The van der Waals surface area contributed by atoms with Crippen molar-refractivity contribution in [1.82, 2.24) is 14.8 Å². The number of halogens is 1. The van der Waals surface area contributed by atoms with Crippen molar-refractivity contribution in [3.8, 4) is 11.1 Å². The third kappa shape index (κ3) is 2.31. The van der Waals surface area contributed by atoms with Crippen LogP contribution in [-0.2, 0) is 4.79 Å². The molecule has 2 heterocycles. The molecule has 3 aromatic rings. The van der Waals surface area contributed by atoms with E-state index >= 15 is 0 Å². The molecule has 24 heavy (non-hydrogen) atoms. The van der Waals surface area contributed by atoms with Crippen LogP contribution in [0.3, 0.4) is 0 Å². The van der Waals surface area contributed by atoms with Gasteiger partial charge in [-0.1, -0.05) is 6.07 Å². The lowest BCUT2D eigenvalue weighted by Crippen LogP contribution is -2.13. The van der Waals surface area contributed by atoms with E-state index in [0.29, 0.717) is 11.5 Å². The summed E-state index contributed by atoms with van der Waals surface area (Å²) < 4.78 is 15.5. The summed E-state index contributed by atoms with van der Waals surface area (Å²) in [5.74, 6) is 0.175. The average molecular weight is 323 g/mol. The predicted octanol–water partition coefficient (Wildman–Crippen LogP) is 4.00. The van der Waals surface area contributed by atoms with Gasteiger partial charge in [-0.15, -0.1) is 0 Å². The molecule has 0 N–H and O–H groups in total. The SMILES string of the molecule is Cc1c(F)ccc(-c2cnc3cnn([C@H](C=O)C4CC4)c3c2)c1C. The van der Waals surface area contributed by atoms with E-state index < -0.39 is 0 Å². The number of carbonyl (C=O) groups excluding carboxylic acids is 1. The lowest BCUT2D eigenvalue weighted by atomic mass is 9.97. The van der Waals surface area contributed by atoms with Gasteiger partial charge in [0.25, 0.3) is 0 Å². The second kappa shape index (κ2) is 5.51. The molecular formula is C19H18FN3O. The molecule has 4 rings (SSSR count). The van der Waals surface area contributed by atoms with Gasteiger partial charge in [0.05, 0.1) is 11.7 Å². The minimum atomic E-state index is -0.226. The Bertz CT molecular complexity index is 943. The fourth-order valence-electron chi connectivity index (χ4n) is 3.22. The van der Waals surface area contributed by atoms with Crippen molar-refractivity contribution < 1.29 is 9.18 Å². The predicted molar refractivity (Wildman–Crippen MR) is 90.2 cm³/mol. The summed E-state index contributed by atoms with van der Waals surface area (Å²) in [5.41, 5.74) is 5.01. The fourth-order valence-corrected chi connectivity index (χ4v) is 3.22. The number of aldehydes is 1. The van der Waals surface area contributed by atoms with Crippen LogP contribution in [0.25, 0.3) is 22.2 Å². The van der Waals surface area contributed by atoms with Gasteiger partial charge in [-0.05, 0) is 61.4 Å². The number of carbonyl (C=O) groups is 1. The lowest BCUT2D eigenvalue weighted by Gasteiger charge is -2.13. The molecule has 1 fully saturated rings. The second-order valence-electron chi connectivity index (χ2n) is 6.53. The highest BCUT2D eigenvalue weighted by atomic mass is 19.1. The molecule has 1 aromatic carbocycles. The molecule has 0 spiro atoms. The summed E-state index contributed by atoms with van der Waals surface area (Å²) in [6.07, 6.45) is 6.58. The van der Waals surface area contributed by atoms with Crippen LogP contribution in [-0.4, -0.2) is 21.1 Å². The van der Waals surface area contributed by atoms with E-state index in [2.05, 4.69) is 10.1 Å². The average Bonchev–Trinajstić information content (AvgIpc) is 3.34. The Hall–Kier alpha value is -2.56. The molecule has 0 saturated heterocycles. The van der Waals surface area contributed by atoms with E-state index in [1.165, 1.54) is 6.07 Å². The Morgan fingerprint density at radius 2 is 2.04 bits per heavy atom. The van der Waals surface area contributed by atoms with E-state index in [9.17, 15) is 9.18 Å². The van der Waals surface area contributed by atoms with E-state index in [-0.39, 0.29) is 11.9 Å². The minimum Gasteiger partial charge on any atom is -0.301 e. The van der Waals surface area contributed by atoms with Crippen molar-refractivity contribution in [3.05, 3.63) is 47.5 Å². The number of nitrogens with zero attached hydrogens (tertiary/aromatic N) is 3. The molecule has 0 bridgehead atoms. The van der Waals surface area contributed by atoms with Gasteiger partial charge < -0.3 is 4.79 Å². The molecule has 0 aliphatic heterocycles. The van der Waals surface area contributed by atoms with Crippen LogP contribution in [0.4, 0.5) is 4.39 Å². The highest BCUT2D eigenvalue weighted by molar-refractivity contribution is 5.82. The van der Waals surface area contributed by atoms with Gasteiger partial charge in [-0.25, -0.2) is 4.39 Å². The lowest BCUT2D eigenvalue weighted by molar-refractivity contribution is -0.111. The molecular weight excluding hydrogens is 305 g/mol. The zero-order chi connectivity index (χ0) is 16.8. The zero-order valence-electron chi connectivity index (χ0n) is 13.7. The van der Waals surface area contributed by atoms with E-state index in [1.807, 2.05) is 13.0 Å². The van der Waals surface area contributed by atoms with Gasteiger partial charge >= 0.3 is 0 Å². The van der Waals surface area contributed by atoms with Crippen molar-refractivity contribution in [2.75, 3.05) is 0 Å². The third-order valence-corrected chi connectivity index (χ3v) is 5.01. The summed E-state index contributed by atoms with van der Waals surface area (Å²) in [5, 5.41) is 4.38. The molecule has 0 amide bonds. The Balaban J connectivity index is 1.86. The number of pyridine rings is 1. The summed E-state index contributed by atoms with van der Waals surface area (Å²) in [6.45, 7) is 3.69. The van der Waals surface area contributed by atoms with Crippen LogP contribution in [0.5, 0.6) is 0 Å². The molecule has 4 nitrogen and oxygen atoms in total. The Morgan fingerprint density at radius 1 is 1.25 bits per heavy atom. The van der Waals surface area contributed by atoms with Gasteiger partial charge in [-0.2, -0.15) is 5.10 Å². The second-order valence-corrected chi connectivity index (χ2v) is 6.53. The zero-order valence-corrected chi connectivity index (χ0v) is 13.7. The van der Waals surface area contributed by atoms with Crippen LogP contribution in [0, 0.1) is 25.6 Å². The van der Waals surface area contributed by atoms with E-state index in [4.69, 9.17) is 0 Å². The number of fused-ring (bicyclic) bond motifs is 1. The summed E-state index contributed by atoms with van der Waals surface area (Å²) in [4.78, 5) is 16.0. The van der Waals surface area contributed by atoms with Crippen molar-refractivity contribution in [2.24, 2.45) is 5.92 Å². The van der Waals surface area contributed by atoms with Gasteiger partial charge in [0.1, 0.15) is 23.7 Å². The fraction of sp³-hybridized carbons (Fsp3) is 0.316. The Morgan fingerprint density at radius 3 is 2.75 bits per heavy atom. The largest absolute Gasteiger partial charge is 0.301 e. The highest BCUT2D eigenvalue weighted by Gasteiger charge is 2.33. The maximum Gasteiger partial charge on any atom is 0.144 e. The van der Waals surface area contributed by atoms with Gasteiger partial charge in [0.15, 0.2) is 0 Å². The standard InChI is InChI=1S/C19H18FN3O/c1-11-12(2)16(20)6-5-15(11)14-7-18-17(21-8-14)9-22-23(18)19(10-24)13-3-4-13/h5-10,13,19H,3-4H2,1-2H3/t19-/m1/s1. The minimum absolute atomic E-state index is 0.204. The molecule has 1 atom stereocenters. The number of rotatable bonds is 4. The first-order valence-corrected chi connectivity index (χ1v) is 8.15. The first kappa shape index (κ1) is 15.0. The summed E-state index contributed by atoms with van der Waals surface area (Å²) >= 11 is 0. The van der Waals surface area contributed by atoms with Gasteiger partial charge in [0, 0.05) is 11.8 Å². The monoisotopic (exact) mass is 323 g/mol. The molecule has 1 saturated carbocycles. The van der Waals surface area contributed by atoms with Crippen LogP contribution < -0.4 is 0 Å². The molecule has 5 heteroatoms. The van der Waals surface area contributed by atoms with Crippen LogP contribution >= 0.6 is 0 Å². The summed E-state index contributed by atoms with van der Waals surface area (Å²) in [6, 6.07) is 5.03. The highest BCUT2D eigenvalue weighted by Crippen LogP contribution is 2.39. The normalized spacial score (nSPS) is 15.6. The topological polar surface area (TPSA) is 47.8 Å². The third-order valence-electron chi connectivity index (χ3n) is 5.01. The Labute approximate surface area is 139 Å². The van der Waals surface area contributed by atoms with Crippen LogP contribution in [0.2, 0.25) is 0 Å². The van der Waals surface area contributed by atoms with Crippen molar-refractivity contribution in [2.45, 2.75) is 32.7 Å². The maximum absolute atomic E-state index is 13.7. The van der Waals surface area contributed by atoms with Crippen molar-refractivity contribution >= 4 is 17.3 Å². The quantitative estimate of drug-likeness (QED) is 0.682. The smallest absolute Gasteiger partial charge is 0.144 e. The first-order valence-electron chi connectivity index (χ1n) is 8.15. The van der Waals surface area contributed by atoms with Crippen LogP contribution in [0.1, 0.15) is 30.0 Å². The van der Waals surface area contributed by atoms with E-state index in [0.717, 1.165) is 46.9 Å². The number of hydrogen-bond donors (Lipinski definition) is 0.